The van der Waals surface area contributed by atoms with Gasteiger partial charge in [-0.3, -0.25) is 0 Å². The summed E-state index contributed by atoms with van der Waals surface area (Å²) in [4.78, 5) is 0. The molecule has 6 aliphatic rings. The molecule has 3 aromatic rings. The summed E-state index contributed by atoms with van der Waals surface area (Å²) in [6.07, 6.45) is 20.9. The second-order valence-electron chi connectivity index (χ2n) is 30.8. The molecule has 1 N–H and O–H groups in total. The molecule has 21 heteroatoms. The molecule has 104 heavy (non-hydrogen) atoms. The van der Waals surface area contributed by atoms with E-state index in [-0.39, 0.29) is 46.4 Å². The van der Waals surface area contributed by atoms with Crippen LogP contribution in [0, 0.1) is 82.9 Å². The Morgan fingerprint density at radius 3 is 1.22 bits per heavy atom. The Morgan fingerprint density at radius 1 is 0.548 bits per heavy atom. The fraction of sp³-hybridized carbons (Fsp3) is 0.699. The van der Waals surface area contributed by atoms with Crippen LogP contribution in [0.2, 0.25) is 51.4 Å². The van der Waals surface area contributed by atoms with E-state index in [1.54, 1.807) is 36.0 Å². The Morgan fingerprint density at radius 2 is 0.904 bits per heavy atom. The van der Waals surface area contributed by atoms with Gasteiger partial charge in [0.2, 0.25) is 20.0 Å². The molecule has 3 saturated carbocycles. The SMILES string of the molecule is C#CC1CC1.CC#N.CC[N+](CC)(CC)CC.COCCCOC(c1ccccc1Br)C1CCCN(S(=O)(=O)CC[Si](C)(C)C)C1.COCCCOC(c1ccccc1C#CC1CC1)C1CCCN(S(=O)(=O)CC[Si](C)(C)C)C1.COCCCOC(c1ccccc1C#CC1CC1)C1CCCNC1.[F-]. The van der Waals surface area contributed by atoms with Gasteiger partial charge in [-0.05, 0) is 178 Å². The minimum atomic E-state index is -3.25. The minimum Gasteiger partial charge on any atom is -1.00 e. The van der Waals surface area contributed by atoms with Crippen LogP contribution in [0.1, 0.15) is 177 Å². The van der Waals surface area contributed by atoms with Crippen molar-refractivity contribution in [1.29, 1.82) is 5.26 Å². The van der Waals surface area contributed by atoms with Gasteiger partial charge in [-0.2, -0.15) is 5.26 Å². The van der Waals surface area contributed by atoms with E-state index in [1.165, 1.54) is 94.5 Å². The highest BCUT2D eigenvalue weighted by Gasteiger charge is 2.38. The molecule has 6 atom stereocenters. The van der Waals surface area contributed by atoms with E-state index in [9.17, 15) is 16.8 Å². The highest BCUT2D eigenvalue weighted by atomic mass is 79.9. The van der Waals surface area contributed by atoms with Gasteiger partial charge in [-0.1, -0.05) is 133 Å². The average Bonchev–Trinajstić information content (AvgIpc) is 1.56. The standard InChI is InChI=1S/C26H41NO4SSi.C21H36BrNO4SSi.C21H29NO2.C8H20N.C5H6.C2H3N.FH/c1-30-17-8-18-31-26(25-11-6-5-9-23(25)15-14-22-12-13-22)24-10-7-16-27(21-24)32(28,29)19-20-33(2,3)4;1-26-13-8-14-27-21(19-10-5-6-11-20(19)22)18-9-7-12-23(17-18)28(24,25)15-16-29(2,3)4;1-23-14-5-15-24-21(19-7-4-13-22-16-19)20-8-3-2-6-18(20)12-11-17-9-10-17;1-5-9(6-2,7-3)8-4;1-2-5-3-4-5;1-2-3;/h5-6,9,11,22,24,26H,7-8,10,12-13,16-21H2,1-4H3;5-6,10-11,18,21H,7-9,12-17H2,1-4H3;2-3,6,8,17,19,21-22H,4-5,7,9-10,13-16H2,1H3;5-8H2,1-4H3;1,5H,3-4H2;1H3;1H/q;;;+1;;;/p-1. The monoisotopic (exact) mass is 1580 g/mol. The number of quaternary nitrogens is 1. The molecular formula is C83H135BrFN5O10S2Si2. The first kappa shape index (κ1) is 94.4. The molecule has 0 amide bonds. The fourth-order valence-electron chi connectivity index (χ4n) is 12.7. The lowest BCUT2D eigenvalue weighted by Crippen LogP contribution is -3.00. The highest BCUT2D eigenvalue weighted by Crippen LogP contribution is 2.40. The summed E-state index contributed by atoms with van der Waals surface area (Å²) in [6.45, 7) is 37.4. The van der Waals surface area contributed by atoms with Crippen LogP contribution < -0.4 is 10.0 Å². The van der Waals surface area contributed by atoms with E-state index in [1.807, 2.05) is 30.3 Å². The van der Waals surface area contributed by atoms with Crippen LogP contribution in [0.15, 0.2) is 77.3 Å². The Labute approximate surface area is 642 Å². The summed E-state index contributed by atoms with van der Waals surface area (Å²) in [5.41, 5.74) is 5.61. The third-order valence-corrected chi connectivity index (χ3v) is 28.7. The van der Waals surface area contributed by atoms with Crippen molar-refractivity contribution in [2.75, 3.05) is 138 Å². The first-order chi connectivity index (χ1) is 49.3. The summed E-state index contributed by atoms with van der Waals surface area (Å²) < 4.78 is 92.6. The van der Waals surface area contributed by atoms with Gasteiger partial charge in [0.05, 0.1) is 62.1 Å². The first-order valence-electron chi connectivity index (χ1n) is 38.9. The van der Waals surface area contributed by atoms with Crippen LogP contribution in [-0.2, 0) is 48.5 Å². The molecule has 0 bridgehead atoms. The summed E-state index contributed by atoms with van der Waals surface area (Å²) in [6, 6.07) is 28.2. The maximum absolute atomic E-state index is 13.2. The van der Waals surface area contributed by atoms with Gasteiger partial charge in [0.15, 0.2) is 0 Å². The molecule has 6 unspecified atom stereocenters. The zero-order chi connectivity index (χ0) is 75.7. The number of sulfonamides is 2. The Kier molecular flexibility index (Phi) is 46.1. The zero-order valence-electron chi connectivity index (χ0n) is 66.4. The second kappa shape index (κ2) is 50.8. The fourth-order valence-corrected chi connectivity index (χ4v) is 22.4. The maximum atomic E-state index is 13.2. The van der Waals surface area contributed by atoms with Crippen molar-refractivity contribution in [3.8, 4) is 42.1 Å². The molecule has 3 heterocycles. The number of methoxy groups -OCH3 is 3. The molecule has 3 saturated heterocycles. The molecule has 6 fully saturated rings. The molecule has 3 aromatic carbocycles. The van der Waals surface area contributed by atoms with Crippen LogP contribution in [0.3, 0.4) is 0 Å². The number of hydrogen-bond acceptors (Lipinski definition) is 12. The van der Waals surface area contributed by atoms with E-state index >= 15 is 0 Å². The number of terminal acetylenes is 1. The van der Waals surface area contributed by atoms with E-state index in [0.717, 1.165) is 110 Å². The number of ether oxygens (including phenoxy) is 6. The Balaban J connectivity index is 0.000000364. The number of piperidine rings is 3. The predicted molar refractivity (Wildman–Crippen MR) is 435 cm³/mol. The molecule has 0 radical (unpaired) electrons. The lowest BCUT2D eigenvalue weighted by Gasteiger charge is -2.37. The van der Waals surface area contributed by atoms with Gasteiger partial charge in [-0.15, -0.1) is 12.3 Å². The van der Waals surface area contributed by atoms with Crippen molar-refractivity contribution in [2.45, 2.75) is 201 Å². The summed E-state index contributed by atoms with van der Waals surface area (Å²) >= 11 is 3.66. The number of nitrogens with one attached hydrogen (secondary N) is 1. The van der Waals surface area contributed by atoms with Gasteiger partial charge >= 0.3 is 0 Å². The largest absolute Gasteiger partial charge is 1.00 e. The molecule has 3 aliphatic carbocycles. The number of benzene rings is 3. The van der Waals surface area contributed by atoms with Gasteiger partial charge in [-0.25, -0.2) is 25.4 Å². The Hall–Kier alpha value is -3.83. The number of halogens is 2. The highest BCUT2D eigenvalue weighted by molar-refractivity contribution is 9.10. The molecule has 0 aromatic heterocycles. The number of nitrogens with zero attached hydrogens (tertiary/aromatic N) is 4. The van der Waals surface area contributed by atoms with Crippen molar-refractivity contribution in [3.63, 3.8) is 0 Å². The Bertz CT molecular complexity index is 3300. The van der Waals surface area contributed by atoms with E-state index < -0.39 is 36.2 Å². The van der Waals surface area contributed by atoms with Gasteiger partial charge in [0, 0.05) is 168 Å². The molecule has 586 valence electrons. The van der Waals surface area contributed by atoms with E-state index in [4.69, 9.17) is 40.1 Å². The molecule has 0 spiro atoms. The van der Waals surface area contributed by atoms with Crippen molar-refractivity contribution in [3.05, 3.63) is 105 Å². The zero-order valence-corrected chi connectivity index (χ0v) is 71.6. The van der Waals surface area contributed by atoms with Gasteiger partial charge < -0.3 is 42.9 Å². The quantitative estimate of drug-likeness (QED) is 0.0266. The van der Waals surface area contributed by atoms with Crippen LogP contribution in [0.4, 0.5) is 0 Å². The topological polar surface area (TPSA) is 166 Å². The van der Waals surface area contributed by atoms with Crippen molar-refractivity contribution >= 4 is 52.1 Å². The lowest BCUT2D eigenvalue weighted by molar-refractivity contribution is -0.921. The van der Waals surface area contributed by atoms with Crippen LogP contribution in [-0.4, -0.2) is 184 Å². The smallest absolute Gasteiger partial charge is 0.213 e. The van der Waals surface area contributed by atoms with Crippen molar-refractivity contribution < 1.29 is 54.4 Å². The summed E-state index contributed by atoms with van der Waals surface area (Å²) in [7, 11) is -4.18. The van der Waals surface area contributed by atoms with Crippen LogP contribution >= 0.6 is 15.9 Å². The molecule has 3 aliphatic heterocycles. The maximum Gasteiger partial charge on any atom is 0.213 e. The first-order valence-corrected chi connectivity index (χ1v) is 50.3. The predicted octanol–water partition coefficient (Wildman–Crippen LogP) is 13.8. The second-order valence-corrected chi connectivity index (χ2v) is 47.1. The van der Waals surface area contributed by atoms with Crippen LogP contribution in [0.25, 0.3) is 0 Å². The summed E-state index contributed by atoms with van der Waals surface area (Å²) in [5.74, 6) is 19.4. The normalized spacial score (nSPS) is 19.3. The number of hydrogen-bond donors (Lipinski definition) is 1. The number of rotatable bonds is 33. The van der Waals surface area contributed by atoms with Gasteiger partial charge in [0.25, 0.3) is 0 Å². The van der Waals surface area contributed by atoms with E-state index in [0.29, 0.717) is 76.3 Å². The molecule has 15 nitrogen and oxygen atoms in total. The van der Waals surface area contributed by atoms with Gasteiger partial charge in [0.1, 0.15) is 0 Å². The van der Waals surface area contributed by atoms with E-state index in [2.05, 4.69) is 160 Å². The number of nitriles is 1. The molecular weight excluding hydrogens is 1450 g/mol. The van der Waals surface area contributed by atoms with Crippen molar-refractivity contribution in [2.24, 2.45) is 35.5 Å². The average molecular weight is 1580 g/mol. The third-order valence-electron chi connectivity index (χ3n) is 20.1. The third kappa shape index (κ3) is 37.1. The summed E-state index contributed by atoms with van der Waals surface area (Å²) in [5, 5.41) is 10.8. The van der Waals surface area contributed by atoms with Crippen LogP contribution in [0.5, 0.6) is 0 Å². The minimum absolute atomic E-state index is 0. The van der Waals surface area contributed by atoms with Crippen molar-refractivity contribution in [1.82, 2.24) is 13.9 Å². The lowest BCUT2D eigenvalue weighted by atomic mass is 9.87. The molecule has 9 rings (SSSR count).